The number of hydrogen-bond donors (Lipinski definition) is 3. The van der Waals surface area contributed by atoms with E-state index in [2.05, 4.69) is 21.1 Å². The van der Waals surface area contributed by atoms with Crippen LogP contribution in [-0.2, 0) is 14.4 Å². The summed E-state index contributed by atoms with van der Waals surface area (Å²) < 4.78 is 4.95. The van der Waals surface area contributed by atoms with E-state index in [9.17, 15) is 14.4 Å². The lowest BCUT2D eigenvalue weighted by molar-refractivity contribution is -0.125. The van der Waals surface area contributed by atoms with Crippen molar-refractivity contribution in [1.29, 1.82) is 0 Å². The monoisotopic (exact) mass is 384 g/mol. The molecule has 3 amide bonds. The second-order valence-electron chi connectivity index (χ2n) is 7.11. The zero-order valence-electron chi connectivity index (χ0n) is 16.0. The fourth-order valence-corrected chi connectivity index (χ4v) is 3.36. The van der Waals surface area contributed by atoms with E-state index in [-0.39, 0.29) is 29.6 Å². The molecule has 1 saturated carbocycles. The van der Waals surface area contributed by atoms with Crippen molar-refractivity contribution in [1.82, 2.24) is 5.16 Å². The van der Waals surface area contributed by atoms with Crippen LogP contribution in [0.1, 0.15) is 38.4 Å². The van der Waals surface area contributed by atoms with Crippen LogP contribution in [0.15, 0.2) is 34.9 Å². The largest absolute Gasteiger partial charge is 0.360 e. The van der Waals surface area contributed by atoms with Crippen LogP contribution >= 0.6 is 0 Å². The molecule has 1 heterocycles. The molecule has 2 aromatic rings. The fraction of sp³-hybridized carbons (Fsp3) is 0.400. The average molecular weight is 384 g/mol. The first-order valence-corrected chi connectivity index (χ1v) is 9.33. The standard InChI is InChI=1S/C20H24N4O4/c1-12-11-18(24-28-12)23-20(27)15-5-3-14(4-6-15)19(26)22-17-9-7-16(8-10-17)21-13(2)25/h7-11,14-15H,3-6H2,1-2H3,(H,21,25)(H,22,26)(H,23,24,27). The lowest BCUT2D eigenvalue weighted by Crippen LogP contribution is -2.32. The Kier molecular flexibility index (Phi) is 6.08. The maximum absolute atomic E-state index is 12.5. The Morgan fingerprint density at radius 1 is 0.893 bits per heavy atom. The van der Waals surface area contributed by atoms with Gasteiger partial charge in [-0.2, -0.15) is 0 Å². The number of aromatic nitrogens is 1. The number of rotatable bonds is 5. The molecule has 3 rings (SSSR count). The van der Waals surface area contributed by atoms with Crippen LogP contribution in [0.3, 0.4) is 0 Å². The van der Waals surface area contributed by atoms with Crippen molar-refractivity contribution in [3.05, 3.63) is 36.1 Å². The van der Waals surface area contributed by atoms with Gasteiger partial charge in [0.15, 0.2) is 5.82 Å². The predicted octanol–water partition coefficient (Wildman–Crippen LogP) is 3.33. The Morgan fingerprint density at radius 3 is 1.86 bits per heavy atom. The second-order valence-corrected chi connectivity index (χ2v) is 7.11. The summed E-state index contributed by atoms with van der Waals surface area (Å²) in [6.07, 6.45) is 2.63. The summed E-state index contributed by atoms with van der Waals surface area (Å²) in [7, 11) is 0. The van der Waals surface area contributed by atoms with Crippen molar-refractivity contribution in [2.75, 3.05) is 16.0 Å². The van der Waals surface area contributed by atoms with Gasteiger partial charge in [-0.1, -0.05) is 5.16 Å². The average Bonchev–Trinajstić information content (AvgIpc) is 3.07. The van der Waals surface area contributed by atoms with Gasteiger partial charge in [-0.05, 0) is 56.9 Å². The van der Waals surface area contributed by atoms with Crippen LogP contribution in [0, 0.1) is 18.8 Å². The van der Waals surface area contributed by atoms with E-state index in [0.29, 0.717) is 48.6 Å². The van der Waals surface area contributed by atoms with E-state index in [1.165, 1.54) is 6.92 Å². The van der Waals surface area contributed by atoms with Gasteiger partial charge in [-0.25, -0.2) is 0 Å². The third kappa shape index (κ3) is 5.18. The molecule has 3 N–H and O–H groups in total. The van der Waals surface area contributed by atoms with Crippen molar-refractivity contribution in [2.45, 2.75) is 39.5 Å². The molecule has 0 saturated heterocycles. The number of nitrogens with one attached hydrogen (secondary N) is 3. The molecular weight excluding hydrogens is 360 g/mol. The van der Waals surface area contributed by atoms with E-state index in [1.54, 1.807) is 37.3 Å². The summed E-state index contributed by atoms with van der Waals surface area (Å²) in [4.78, 5) is 35.9. The number of aryl methyl sites for hydroxylation is 1. The van der Waals surface area contributed by atoms with Crippen molar-refractivity contribution >= 4 is 34.9 Å². The van der Waals surface area contributed by atoms with Crippen molar-refractivity contribution in [3.8, 4) is 0 Å². The van der Waals surface area contributed by atoms with Gasteiger partial charge < -0.3 is 20.5 Å². The molecule has 0 unspecified atom stereocenters. The highest BCUT2D eigenvalue weighted by molar-refractivity contribution is 5.94. The van der Waals surface area contributed by atoms with Gasteiger partial charge in [0.1, 0.15) is 5.76 Å². The molecule has 0 aliphatic heterocycles. The van der Waals surface area contributed by atoms with Crippen molar-refractivity contribution < 1.29 is 18.9 Å². The number of amides is 3. The normalized spacial score (nSPS) is 18.9. The summed E-state index contributed by atoms with van der Waals surface area (Å²) in [6.45, 7) is 3.21. The third-order valence-corrected chi connectivity index (χ3v) is 4.82. The third-order valence-electron chi connectivity index (χ3n) is 4.82. The van der Waals surface area contributed by atoms with Crippen LogP contribution in [0.2, 0.25) is 0 Å². The van der Waals surface area contributed by atoms with Gasteiger partial charge in [0, 0.05) is 36.2 Å². The topological polar surface area (TPSA) is 113 Å². The minimum Gasteiger partial charge on any atom is -0.360 e. The Morgan fingerprint density at radius 2 is 1.39 bits per heavy atom. The molecule has 1 aliphatic carbocycles. The quantitative estimate of drug-likeness (QED) is 0.732. The van der Waals surface area contributed by atoms with Crippen LogP contribution in [0.4, 0.5) is 17.2 Å². The van der Waals surface area contributed by atoms with Crippen LogP contribution in [0.5, 0.6) is 0 Å². The van der Waals surface area contributed by atoms with Gasteiger partial charge in [0.2, 0.25) is 17.7 Å². The molecule has 8 nitrogen and oxygen atoms in total. The van der Waals surface area contributed by atoms with Crippen molar-refractivity contribution in [2.24, 2.45) is 11.8 Å². The summed E-state index contributed by atoms with van der Waals surface area (Å²) in [5.41, 5.74) is 1.36. The van der Waals surface area contributed by atoms with E-state index in [0.717, 1.165) is 0 Å². The number of anilines is 3. The Balaban J connectivity index is 1.46. The summed E-state index contributed by atoms with van der Waals surface area (Å²) in [5, 5.41) is 12.1. The Hall–Kier alpha value is -3.16. The highest BCUT2D eigenvalue weighted by Gasteiger charge is 2.30. The van der Waals surface area contributed by atoms with Crippen LogP contribution in [-0.4, -0.2) is 22.9 Å². The van der Waals surface area contributed by atoms with E-state index >= 15 is 0 Å². The number of hydrogen-bond acceptors (Lipinski definition) is 5. The zero-order chi connectivity index (χ0) is 20.1. The molecule has 148 valence electrons. The van der Waals surface area contributed by atoms with E-state index in [1.807, 2.05) is 0 Å². The maximum Gasteiger partial charge on any atom is 0.228 e. The molecule has 0 atom stereocenters. The van der Waals surface area contributed by atoms with Crippen LogP contribution in [0.25, 0.3) is 0 Å². The molecule has 8 heteroatoms. The SMILES string of the molecule is CC(=O)Nc1ccc(NC(=O)C2CCC(C(=O)Nc3cc(C)on3)CC2)cc1. The molecule has 0 spiro atoms. The second kappa shape index (κ2) is 8.69. The molecule has 1 fully saturated rings. The predicted molar refractivity (Wildman–Crippen MR) is 105 cm³/mol. The number of benzene rings is 1. The molecule has 0 bridgehead atoms. The number of nitrogens with zero attached hydrogens (tertiary/aromatic N) is 1. The Bertz CT molecular complexity index is 851. The molecule has 28 heavy (non-hydrogen) atoms. The first-order valence-electron chi connectivity index (χ1n) is 9.33. The fourth-order valence-electron chi connectivity index (χ4n) is 3.36. The van der Waals surface area contributed by atoms with Crippen LogP contribution < -0.4 is 16.0 Å². The highest BCUT2D eigenvalue weighted by Crippen LogP contribution is 2.30. The summed E-state index contributed by atoms with van der Waals surface area (Å²) >= 11 is 0. The zero-order valence-corrected chi connectivity index (χ0v) is 16.0. The van der Waals surface area contributed by atoms with E-state index < -0.39 is 0 Å². The van der Waals surface area contributed by atoms with Gasteiger partial charge in [0.05, 0.1) is 0 Å². The summed E-state index contributed by atoms with van der Waals surface area (Å²) in [6, 6.07) is 8.66. The first kappa shape index (κ1) is 19.6. The molecule has 0 radical (unpaired) electrons. The lowest BCUT2D eigenvalue weighted by Gasteiger charge is -2.26. The van der Waals surface area contributed by atoms with E-state index in [4.69, 9.17) is 4.52 Å². The van der Waals surface area contributed by atoms with Gasteiger partial charge >= 0.3 is 0 Å². The summed E-state index contributed by atoms with van der Waals surface area (Å²) in [5.74, 6) is 0.549. The minimum absolute atomic E-state index is 0.0433. The molecule has 1 aromatic heterocycles. The maximum atomic E-state index is 12.5. The smallest absolute Gasteiger partial charge is 0.228 e. The molecule has 1 aromatic carbocycles. The van der Waals surface area contributed by atoms with Crippen molar-refractivity contribution in [3.63, 3.8) is 0 Å². The first-order chi connectivity index (χ1) is 13.4. The lowest BCUT2D eigenvalue weighted by atomic mass is 9.81. The van der Waals surface area contributed by atoms with Gasteiger partial charge in [-0.15, -0.1) is 0 Å². The molecule has 1 aliphatic rings. The minimum atomic E-state index is -0.142. The van der Waals surface area contributed by atoms with Gasteiger partial charge in [0.25, 0.3) is 0 Å². The van der Waals surface area contributed by atoms with Gasteiger partial charge in [-0.3, -0.25) is 14.4 Å². The highest BCUT2D eigenvalue weighted by atomic mass is 16.5. The molecular formula is C20H24N4O4. The number of carbonyl (C=O) groups excluding carboxylic acids is 3. The number of carbonyl (C=O) groups is 3. The Labute approximate surface area is 163 Å².